The number of rotatable bonds is 2. The Hall–Kier alpha value is -1.25. The molecule has 0 fully saturated rings. The molecule has 0 heterocycles. The van der Waals surface area contributed by atoms with Crippen molar-refractivity contribution in [2.24, 2.45) is 0 Å². The van der Waals surface area contributed by atoms with E-state index in [2.05, 4.69) is 6.58 Å². The summed E-state index contributed by atoms with van der Waals surface area (Å²) in [5, 5.41) is 0. The fourth-order valence-corrected chi connectivity index (χ4v) is 1.11. The maximum Gasteiger partial charge on any atom is 0.393 e. The minimum atomic E-state index is -4.15. The van der Waals surface area contributed by atoms with Gasteiger partial charge in [0.25, 0.3) is 0 Å². The molecule has 1 rings (SSSR count). The van der Waals surface area contributed by atoms with Crippen molar-refractivity contribution < 1.29 is 13.2 Å². The van der Waals surface area contributed by atoms with Crippen LogP contribution in [0.3, 0.4) is 0 Å². The highest BCUT2D eigenvalue weighted by Gasteiger charge is 2.28. The number of hydrogen-bond donors (Lipinski definition) is 0. The van der Waals surface area contributed by atoms with E-state index in [1.54, 1.807) is 18.2 Å². The van der Waals surface area contributed by atoms with Crippen molar-refractivity contribution in [1.82, 2.24) is 0 Å². The van der Waals surface area contributed by atoms with E-state index in [4.69, 9.17) is 0 Å². The number of alkyl halides is 3. The van der Waals surface area contributed by atoms with Crippen molar-refractivity contribution in [2.75, 3.05) is 0 Å². The lowest BCUT2D eigenvalue weighted by atomic mass is 10.0. The van der Waals surface area contributed by atoms with Crippen molar-refractivity contribution in [3.05, 3.63) is 42.0 Å². The van der Waals surface area contributed by atoms with Crippen molar-refractivity contribution in [3.8, 4) is 0 Å². The molecule has 1 aromatic rings. The average Bonchev–Trinajstić information content (AvgIpc) is 2.02. The van der Waals surface area contributed by atoms with Gasteiger partial charge in [-0.2, -0.15) is 13.2 Å². The van der Waals surface area contributed by atoms with Crippen LogP contribution in [0.15, 0.2) is 30.8 Å². The van der Waals surface area contributed by atoms with Gasteiger partial charge in [-0.3, -0.25) is 0 Å². The fourth-order valence-electron chi connectivity index (χ4n) is 1.11. The van der Waals surface area contributed by atoms with Crippen molar-refractivity contribution in [1.29, 1.82) is 0 Å². The Balaban J connectivity index is 2.94. The smallest absolute Gasteiger partial charge is 0.171 e. The predicted octanol–water partition coefficient (Wildman–Crippen LogP) is 3.43. The summed E-state index contributed by atoms with van der Waals surface area (Å²) in [6.07, 6.45) is -3.62. The molecule has 0 bridgehead atoms. The molecule has 70 valence electrons. The summed E-state index contributed by atoms with van der Waals surface area (Å²) in [6, 6.07) is 6.36. The lowest BCUT2D eigenvalue weighted by molar-refractivity contribution is -0.127. The van der Waals surface area contributed by atoms with Crippen LogP contribution in [0.25, 0.3) is 6.08 Å². The van der Waals surface area contributed by atoms with Gasteiger partial charge in [-0.1, -0.05) is 36.9 Å². The second-order valence-electron chi connectivity index (χ2n) is 2.69. The molecule has 3 heteroatoms. The van der Waals surface area contributed by atoms with Gasteiger partial charge >= 0.3 is 6.18 Å². The van der Waals surface area contributed by atoms with Crippen LogP contribution < -0.4 is 0 Å². The first-order valence-electron chi connectivity index (χ1n) is 3.80. The third kappa shape index (κ3) is 2.93. The topological polar surface area (TPSA) is 0 Å². The molecule has 0 amide bonds. The maximum absolute atomic E-state index is 12.0. The van der Waals surface area contributed by atoms with E-state index in [0.717, 1.165) is 0 Å². The lowest BCUT2D eigenvalue weighted by Gasteiger charge is -2.08. The average molecular weight is 186 g/mol. The number of benzene rings is 1. The number of halogens is 3. The molecular weight excluding hydrogens is 177 g/mol. The molecule has 0 nitrogen and oxygen atoms in total. The first-order valence-corrected chi connectivity index (χ1v) is 3.80. The molecule has 1 aromatic carbocycles. The molecule has 13 heavy (non-hydrogen) atoms. The molecule has 0 aromatic heterocycles. The Morgan fingerprint density at radius 1 is 1.23 bits per heavy atom. The van der Waals surface area contributed by atoms with Crippen LogP contribution in [0.1, 0.15) is 11.1 Å². The van der Waals surface area contributed by atoms with Crippen LogP contribution in [-0.4, -0.2) is 6.18 Å². The summed E-state index contributed by atoms with van der Waals surface area (Å²) in [4.78, 5) is 0. The molecule has 0 saturated heterocycles. The molecule has 0 unspecified atom stereocenters. The summed E-state index contributed by atoms with van der Waals surface area (Å²) >= 11 is 0. The highest BCUT2D eigenvalue weighted by atomic mass is 19.4. The van der Waals surface area contributed by atoms with Gasteiger partial charge in [0.2, 0.25) is 0 Å². The molecular formula is C10H9F3. The molecule has 0 aliphatic carbocycles. The zero-order valence-corrected chi connectivity index (χ0v) is 6.93. The second kappa shape index (κ2) is 3.64. The standard InChI is InChI=1S/C10H9F3/c1-2-8-5-3-4-6-9(8)7-10(11,12)13/h2-6H,1,7H2. The predicted molar refractivity (Wildman–Crippen MR) is 46.3 cm³/mol. The summed E-state index contributed by atoms with van der Waals surface area (Å²) in [5.41, 5.74) is 0.810. The monoisotopic (exact) mass is 186 g/mol. The first-order chi connectivity index (χ1) is 6.03. The van der Waals surface area contributed by atoms with Gasteiger partial charge < -0.3 is 0 Å². The lowest BCUT2D eigenvalue weighted by Crippen LogP contribution is -2.12. The van der Waals surface area contributed by atoms with E-state index in [-0.39, 0.29) is 5.56 Å². The van der Waals surface area contributed by atoms with Crippen LogP contribution in [-0.2, 0) is 6.42 Å². The molecule has 0 aliphatic rings. The van der Waals surface area contributed by atoms with Crippen LogP contribution in [0.4, 0.5) is 13.2 Å². The van der Waals surface area contributed by atoms with E-state index in [0.29, 0.717) is 5.56 Å². The van der Waals surface area contributed by atoms with E-state index in [1.807, 2.05) is 0 Å². The summed E-state index contributed by atoms with van der Waals surface area (Å²) in [7, 11) is 0. The Bertz CT molecular complexity index is 299. The van der Waals surface area contributed by atoms with Gasteiger partial charge in [0.05, 0.1) is 6.42 Å². The zero-order valence-electron chi connectivity index (χ0n) is 6.93. The largest absolute Gasteiger partial charge is 0.393 e. The van der Waals surface area contributed by atoms with Crippen molar-refractivity contribution in [2.45, 2.75) is 12.6 Å². The Morgan fingerprint density at radius 2 is 1.85 bits per heavy atom. The van der Waals surface area contributed by atoms with Gasteiger partial charge in [0, 0.05) is 0 Å². The van der Waals surface area contributed by atoms with E-state index in [9.17, 15) is 13.2 Å². The van der Waals surface area contributed by atoms with Gasteiger partial charge in [-0.15, -0.1) is 0 Å². The van der Waals surface area contributed by atoms with Crippen LogP contribution in [0.5, 0.6) is 0 Å². The highest BCUT2D eigenvalue weighted by molar-refractivity contribution is 5.51. The molecule has 0 saturated carbocycles. The van der Waals surface area contributed by atoms with E-state index < -0.39 is 12.6 Å². The first kappa shape index (κ1) is 9.84. The Morgan fingerprint density at radius 3 is 2.38 bits per heavy atom. The summed E-state index contributed by atoms with van der Waals surface area (Å²) < 4.78 is 36.1. The van der Waals surface area contributed by atoms with E-state index in [1.165, 1.54) is 12.1 Å². The quantitative estimate of drug-likeness (QED) is 0.663. The second-order valence-corrected chi connectivity index (χ2v) is 2.69. The van der Waals surface area contributed by atoms with Crippen LogP contribution >= 0.6 is 0 Å². The highest BCUT2D eigenvalue weighted by Crippen LogP contribution is 2.23. The molecule has 0 aliphatic heterocycles. The Labute approximate surface area is 74.7 Å². The minimum Gasteiger partial charge on any atom is -0.171 e. The molecule has 0 spiro atoms. The van der Waals surface area contributed by atoms with Crippen molar-refractivity contribution in [3.63, 3.8) is 0 Å². The summed E-state index contributed by atoms with van der Waals surface area (Å²) in [5.74, 6) is 0. The zero-order chi connectivity index (χ0) is 9.90. The molecule has 0 N–H and O–H groups in total. The normalized spacial score (nSPS) is 11.3. The van der Waals surface area contributed by atoms with Gasteiger partial charge in [0.1, 0.15) is 0 Å². The summed E-state index contributed by atoms with van der Waals surface area (Å²) in [6.45, 7) is 3.45. The third-order valence-corrected chi connectivity index (χ3v) is 1.67. The molecule has 0 atom stereocenters. The van der Waals surface area contributed by atoms with Gasteiger partial charge in [-0.25, -0.2) is 0 Å². The molecule has 0 radical (unpaired) electrons. The Kier molecular flexibility index (Phi) is 2.76. The van der Waals surface area contributed by atoms with E-state index >= 15 is 0 Å². The van der Waals surface area contributed by atoms with Gasteiger partial charge in [-0.05, 0) is 11.1 Å². The SMILES string of the molecule is C=Cc1ccccc1CC(F)(F)F. The van der Waals surface area contributed by atoms with Crippen LogP contribution in [0.2, 0.25) is 0 Å². The van der Waals surface area contributed by atoms with Gasteiger partial charge in [0.15, 0.2) is 0 Å². The van der Waals surface area contributed by atoms with Crippen LogP contribution in [0, 0.1) is 0 Å². The van der Waals surface area contributed by atoms with Crippen molar-refractivity contribution >= 4 is 6.08 Å². The maximum atomic E-state index is 12.0. The minimum absolute atomic E-state index is 0.269. The third-order valence-electron chi connectivity index (χ3n) is 1.67. The fraction of sp³-hybridized carbons (Fsp3) is 0.200. The number of hydrogen-bond acceptors (Lipinski definition) is 0.